The molecule has 0 N–H and O–H groups in total. The number of aryl methyl sites for hydroxylation is 2. The second-order valence-corrected chi connectivity index (χ2v) is 5.02. The van der Waals surface area contributed by atoms with Crippen LogP contribution in [-0.4, -0.2) is 22.0 Å². The van der Waals surface area contributed by atoms with Gasteiger partial charge in [0.05, 0.1) is 24.4 Å². The van der Waals surface area contributed by atoms with Crippen LogP contribution in [-0.2, 0) is 24.1 Å². The van der Waals surface area contributed by atoms with Crippen molar-refractivity contribution in [1.82, 2.24) is 9.78 Å². The Morgan fingerprint density at radius 3 is 2.44 bits per heavy atom. The van der Waals surface area contributed by atoms with Crippen LogP contribution in [0.2, 0.25) is 0 Å². The quantitative estimate of drug-likeness (QED) is 0.769. The molecule has 1 rings (SSSR count). The number of nitrogens with zero attached hydrogens (tertiary/aromatic N) is 2. The van der Waals surface area contributed by atoms with Gasteiger partial charge < -0.3 is 4.74 Å². The van der Waals surface area contributed by atoms with Crippen molar-refractivity contribution in [2.75, 3.05) is 6.61 Å². The van der Waals surface area contributed by atoms with Gasteiger partial charge in [-0.25, -0.2) is 0 Å². The third kappa shape index (κ3) is 3.97. The Balaban J connectivity index is 2.55. The highest BCUT2D eigenvalue weighted by Gasteiger charge is 2.10. The van der Waals surface area contributed by atoms with E-state index in [0.717, 1.165) is 26.0 Å². The summed E-state index contributed by atoms with van der Waals surface area (Å²) in [5, 5.41) is 4.56. The van der Waals surface area contributed by atoms with Gasteiger partial charge in [-0.05, 0) is 39.7 Å². The van der Waals surface area contributed by atoms with Gasteiger partial charge in [-0.15, -0.1) is 0 Å². The molecule has 0 atom stereocenters. The summed E-state index contributed by atoms with van der Waals surface area (Å²) in [6, 6.07) is 2.19. The minimum Gasteiger partial charge on any atom is -0.374 e. The van der Waals surface area contributed by atoms with Crippen LogP contribution in [0.15, 0.2) is 6.07 Å². The maximum atomic E-state index is 5.71. The second-order valence-electron chi connectivity index (χ2n) is 5.02. The van der Waals surface area contributed by atoms with Crippen molar-refractivity contribution in [3.63, 3.8) is 0 Å². The number of rotatable bonds is 5. The zero-order chi connectivity index (χ0) is 12.2. The second kappa shape index (κ2) is 5.48. The van der Waals surface area contributed by atoms with E-state index in [1.54, 1.807) is 0 Å². The molecule has 0 amide bonds. The molecule has 16 heavy (non-hydrogen) atoms. The maximum absolute atomic E-state index is 5.71. The highest BCUT2D eigenvalue weighted by molar-refractivity contribution is 5.10. The predicted molar refractivity (Wildman–Crippen MR) is 66.7 cm³/mol. The fourth-order valence-electron chi connectivity index (χ4n) is 1.60. The molecule has 3 nitrogen and oxygen atoms in total. The Morgan fingerprint density at radius 2 is 1.94 bits per heavy atom. The molecule has 0 unspecified atom stereocenters. The normalized spacial score (nSPS) is 12.1. The highest BCUT2D eigenvalue weighted by atomic mass is 16.5. The average Bonchev–Trinajstić information content (AvgIpc) is 2.58. The largest absolute Gasteiger partial charge is 0.374 e. The van der Waals surface area contributed by atoms with Crippen LogP contribution in [0.1, 0.15) is 46.0 Å². The standard InChI is InChI=1S/C13H24N2O/c1-6-11-10-12(7-2)15(14-11)8-9-16-13(3,4)5/h10H,6-9H2,1-5H3. The van der Waals surface area contributed by atoms with Crippen LogP contribution in [0.5, 0.6) is 0 Å². The van der Waals surface area contributed by atoms with Gasteiger partial charge >= 0.3 is 0 Å². The van der Waals surface area contributed by atoms with Gasteiger partial charge in [0.15, 0.2) is 0 Å². The Labute approximate surface area is 98.8 Å². The fraction of sp³-hybridized carbons (Fsp3) is 0.769. The molecule has 1 heterocycles. The highest BCUT2D eigenvalue weighted by Crippen LogP contribution is 2.09. The zero-order valence-electron chi connectivity index (χ0n) is 11.2. The van der Waals surface area contributed by atoms with Crippen molar-refractivity contribution in [2.24, 2.45) is 0 Å². The van der Waals surface area contributed by atoms with E-state index in [0.29, 0.717) is 0 Å². The van der Waals surface area contributed by atoms with E-state index in [-0.39, 0.29) is 5.60 Å². The summed E-state index contributed by atoms with van der Waals surface area (Å²) in [5.41, 5.74) is 2.41. The van der Waals surface area contributed by atoms with E-state index >= 15 is 0 Å². The number of hydrogen-bond donors (Lipinski definition) is 0. The lowest BCUT2D eigenvalue weighted by Gasteiger charge is -2.19. The summed E-state index contributed by atoms with van der Waals surface area (Å²) in [6.45, 7) is 12.1. The summed E-state index contributed by atoms with van der Waals surface area (Å²) in [7, 11) is 0. The maximum Gasteiger partial charge on any atom is 0.0669 e. The number of ether oxygens (including phenoxy) is 1. The lowest BCUT2D eigenvalue weighted by Crippen LogP contribution is -2.22. The van der Waals surface area contributed by atoms with Gasteiger partial charge in [0.1, 0.15) is 0 Å². The van der Waals surface area contributed by atoms with E-state index in [1.807, 2.05) is 0 Å². The number of aromatic nitrogens is 2. The summed E-state index contributed by atoms with van der Waals surface area (Å²) in [6.07, 6.45) is 2.03. The van der Waals surface area contributed by atoms with E-state index in [4.69, 9.17) is 4.74 Å². The molecule has 0 aliphatic carbocycles. The third-order valence-corrected chi connectivity index (χ3v) is 2.48. The minimum atomic E-state index is -0.0624. The lowest BCUT2D eigenvalue weighted by molar-refractivity contribution is -0.00816. The van der Waals surface area contributed by atoms with Crippen molar-refractivity contribution >= 4 is 0 Å². The zero-order valence-corrected chi connectivity index (χ0v) is 11.2. The van der Waals surface area contributed by atoms with E-state index in [2.05, 4.69) is 50.5 Å². The molecule has 0 fully saturated rings. The smallest absolute Gasteiger partial charge is 0.0669 e. The summed E-state index contributed by atoms with van der Waals surface area (Å²) in [4.78, 5) is 0. The first kappa shape index (κ1) is 13.2. The molecule has 1 aromatic rings. The molecular weight excluding hydrogens is 200 g/mol. The minimum absolute atomic E-state index is 0.0624. The monoisotopic (exact) mass is 224 g/mol. The van der Waals surface area contributed by atoms with Crippen molar-refractivity contribution < 1.29 is 4.74 Å². The van der Waals surface area contributed by atoms with Crippen LogP contribution in [0, 0.1) is 0 Å². The molecule has 0 aliphatic rings. The van der Waals surface area contributed by atoms with Gasteiger partial charge in [-0.1, -0.05) is 13.8 Å². The Hall–Kier alpha value is -0.830. The molecule has 0 radical (unpaired) electrons. The van der Waals surface area contributed by atoms with Crippen molar-refractivity contribution in [2.45, 2.75) is 59.6 Å². The first-order valence-electron chi connectivity index (χ1n) is 6.15. The first-order valence-corrected chi connectivity index (χ1v) is 6.15. The van der Waals surface area contributed by atoms with E-state index < -0.39 is 0 Å². The molecule has 0 aliphatic heterocycles. The van der Waals surface area contributed by atoms with Crippen molar-refractivity contribution in [3.8, 4) is 0 Å². The van der Waals surface area contributed by atoms with E-state index in [9.17, 15) is 0 Å². The Bertz CT molecular complexity index is 323. The molecule has 3 heteroatoms. The molecule has 0 saturated heterocycles. The van der Waals surface area contributed by atoms with Crippen LogP contribution >= 0.6 is 0 Å². The van der Waals surface area contributed by atoms with Crippen LogP contribution < -0.4 is 0 Å². The van der Waals surface area contributed by atoms with Crippen LogP contribution in [0.3, 0.4) is 0 Å². The van der Waals surface area contributed by atoms with Crippen LogP contribution in [0.25, 0.3) is 0 Å². The van der Waals surface area contributed by atoms with Crippen molar-refractivity contribution in [3.05, 3.63) is 17.5 Å². The molecule has 0 bridgehead atoms. The molecule has 92 valence electrons. The van der Waals surface area contributed by atoms with Gasteiger partial charge in [-0.3, -0.25) is 4.68 Å². The average molecular weight is 224 g/mol. The van der Waals surface area contributed by atoms with Gasteiger partial charge in [0.2, 0.25) is 0 Å². The Kier molecular flexibility index (Phi) is 4.54. The number of hydrogen-bond acceptors (Lipinski definition) is 2. The third-order valence-electron chi connectivity index (χ3n) is 2.48. The topological polar surface area (TPSA) is 27.1 Å². The molecule has 0 spiro atoms. The van der Waals surface area contributed by atoms with E-state index in [1.165, 1.54) is 11.4 Å². The summed E-state index contributed by atoms with van der Waals surface area (Å²) >= 11 is 0. The molecule has 0 aromatic carbocycles. The van der Waals surface area contributed by atoms with Gasteiger partial charge in [-0.2, -0.15) is 5.10 Å². The summed E-state index contributed by atoms with van der Waals surface area (Å²) in [5.74, 6) is 0. The van der Waals surface area contributed by atoms with Gasteiger partial charge in [0, 0.05) is 5.69 Å². The lowest BCUT2D eigenvalue weighted by atomic mass is 10.2. The molecule has 1 aromatic heterocycles. The van der Waals surface area contributed by atoms with Gasteiger partial charge in [0.25, 0.3) is 0 Å². The fourth-order valence-corrected chi connectivity index (χ4v) is 1.60. The predicted octanol–water partition coefficient (Wildman–Crippen LogP) is 2.82. The SMILES string of the molecule is CCc1cc(CC)n(CCOC(C)(C)C)n1. The molecule has 0 saturated carbocycles. The van der Waals surface area contributed by atoms with Crippen LogP contribution in [0.4, 0.5) is 0 Å². The first-order chi connectivity index (χ1) is 7.46. The molecular formula is C13H24N2O. The van der Waals surface area contributed by atoms with Crippen molar-refractivity contribution in [1.29, 1.82) is 0 Å². The Morgan fingerprint density at radius 1 is 1.25 bits per heavy atom. The summed E-state index contributed by atoms with van der Waals surface area (Å²) < 4.78 is 7.79.